The Kier molecular flexibility index (Phi) is 3.41. The van der Waals surface area contributed by atoms with Crippen molar-refractivity contribution in [3.63, 3.8) is 0 Å². The highest BCUT2D eigenvalue weighted by molar-refractivity contribution is 5.60. The average molecular weight is 247 g/mol. The molecule has 1 heterocycles. The maximum Gasteiger partial charge on any atom is 0.207 e. The van der Waals surface area contributed by atoms with Crippen LogP contribution in [-0.2, 0) is 11.8 Å². The lowest BCUT2D eigenvalue weighted by Gasteiger charge is -2.11. The molecule has 18 heavy (non-hydrogen) atoms. The van der Waals surface area contributed by atoms with E-state index >= 15 is 0 Å². The van der Waals surface area contributed by atoms with Gasteiger partial charge in [0.2, 0.25) is 6.41 Å². The summed E-state index contributed by atoms with van der Waals surface area (Å²) in [4.78, 5) is 10.4. The summed E-state index contributed by atoms with van der Waals surface area (Å²) in [6.07, 6.45) is 1.86. The third-order valence-corrected chi connectivity index (χ3v) is 2.90. The molecule has 1 aromatic carbocycles. The molecular weight excluding hydrogens is 233 g/mol. The van der Waals surface area contributed by atoms with Gasteiger partial charge in [-0.3, -0.25) is 9.48 Å². The first-order valence-corrected chi connectivity index (χ1v) is 5.61. The van der Waals surface area contributed by atoms with Crippen molar-refractivity contribution in [2.45, 2.75) is 13.0 Å². The topological polar surface area (TPSA) is 46.9 Å². The van der Waals surface area contributed by atoms with Gasteiger partial charge in [0.1, 0.15) is 5.69 Å². The van der Waals surface area contributed by atoms with E-state index in [1.807, 2.05) is 31.2 Å². The van der Waals surface area contributed by atoms with Gasteiger partial charge >= 0.3 is 0 Å². The Bertz CT molecular complexity index is 528. The van der Waals surface area contributed by atoms with Crippen LogP contribution in [0.5, 0.6) is 0 Å². The number of amides is 1. The van der Waals surface area contributed by atoms with Gasteiger partial charge in [-0.15, -0.1) is 0 Å². The molecule has 0 fully saturated rings. The number of hydrogen-bond acceptors (Lipinski definition) is 2. The third kappa shape index (κ3) is 2.25. The number of nitrogens with one attached hydrogen (secondary N) is 1. The molecule has 1 aromatic heterocycles. The van der Waals surface area contributed by atoms with Gasteiger partial charge in [-0.2, -0.15) is 5.10 Å². The molecule has 0 saturated carbocycles. The van der Waals surface area contributed by atoms with Crippen LogP contribution < -0.4 is 5.32 Å². The van der Waals surface area contributed by atoms with Gasteiger partial charge in [0.05, 0.1) is 12.2 Å². The van der Waals surface area contributed by atoms with Gasteiger partial charge < -0.3 is 5.32 Å². The zero-order chi connectivity index (χ0) is 13.1. The molecule has 1 amide bonds. The molecule has 0 aliphatic rings. The molecule has 94 valence electrons. The second-order valence-corrected chi connectivity index (χ2v) is 4.09. The zero-order valence-electron chi connectivity index (χ0n) is 10.2. The second kappa shape index (κ2) is 5.00. The van der Waals surface area contributed by atoms with Gasteiger partial charge in [-0.25, -0.2) is 4.39 Å². The number of halogens is 1. The first-order chi connectivity index (χ1) is 8.63. The first kappa shape index (κ1) is 12.3. The first-order valence-electron chi connectivity index (χ1n) is 5.61. The highest BCUT2D eigenvalue weighted by atomic mass is 19.1. The molecule has 0 saturated heterocycles. The summed E-state index contributed by atoms with van der Waals surface area (Å²) < 4.78 is 15.0. The lowest BCUT2D eigenvalue weighted by molar-refractivity contribution is -0.110. The monoisotopic (exact) mass is 247 g/mol. The highest BCUT2D eigenvalue weighted by Crippen LogP contribution is 2.23. The van der Waals surface area contributed by atoms with E-state index in [2.05, 4.69) is 10.4 Å². The summed E-state index contributed by atoms with van der Waals surface area (Å²) >= 11 is 0. The molecule has 0 aliphatic heterocycles. The van der Waals surface area contributed by atoms with Crippen molar-refractivity contribution in [3.8, 4) is 11.3 Å². The fourth-order valence-electron chi connectivity index (χ4n) is 1.86. The maximum atomic E-state index is 13.5. The third-order valence-electron chi connectivity index (χ3n) is 2.90. The van der Waals surface area contributed by atoms with E-state index in [-0.39, 0.29) is 11.9 Å². The van der Waals surface area contributed by atoms with Gasteiger partial charge in [0.25, 0.3) is 0 Å². The number of carbonyl (C=O) groups excluding carboxylic acids is 1. The summed E-state index contributed by atoms with van der Waals surface area (Å²) in [7, 11) is 1.70. The number of nitrogens with zero attached hydrogens (tertiary/aromatic N) is 2. The van der Waals surface area contributed by atoms with Crippen LogP contribution in [0.25, 0.3) is 11.3 Å². The Morgan fingerprint density at radius 3 is 2.56 bits per heavy atom. The van der Waals surface area contributed by atoms with Gasteiger partial charge in [0.15, 0.2) is 5.82 Å². The minimum absolute atomic E-state index is 0.0621. The summed E-state index contributed by atoms with van der Waals surface area (Å²) in [5.41, 5.74) is 2.18. The van der Waals surface area contributed by atoms with Crippen LogP contribution in [0.4, 0.5) is 4.39 Å². The van der Waals surface area contributed by atoms with Gasteiger partial charge in [-0.1, -0.05) is 24.3 Å². The van der Waals surface area contributed by atoms with E-state index in [1.54, 1.807) is 7.05 Å². The Hall–Kier alpha value is -2.17. The van der Waals surface area contributed by atoms with E-state index in [4.69, 9.17) is 0 Å². The fraction of sp³-hybridized carbons (Fsp3) is 0.231. The van der Waals surface area contributed by atoms with E-state index in [1.165, 1.54) is 10.9 Å². The molecule has 2 aromatic rings. The molecule has 0 spiro atoms. The smallest absolute Gasteiger partial charge is 0.207 e. The minimum atomic E-state index is -0.343. The number of aryl methyl sites for hydroxylation is 1. The average Bonchev–Trinajstić information content (AvgIpc) is 2.70. The Morgan fingerprint density at radius 2 is 2.06 bits per heavy atom. The van der Waals surface area contributed by atoms with Crippen LogP contribution in [0.1, 0.15) is 18.5 Å². The van der Waals surface area contributed by atoms with E-state index < -0.39 is 0 Å². The SMILES string of the molecule is CC(NC=O)c1ccc(-c2c(F)cnn2C)cc1. The number of benzene rings is 1. The second-order valence-electron chi connectivity index (χ2n) is 4.09. The van der Waals surface area contributed by atoms with Crippen molar-refractivity contribution < 1.29 is 9.18 Å². The normalized spacial score (nSPS) is 12.2. The Morgan fingerprint density at radius 1 is 1.39 bits per heavy atom. The van der Waals surface area contributed by atoms with Crippen molar-refractivity contribution in [1.29, 1.82) is 0 Å². The van der Waals surface area contributed by atoms with Gasteiger partial charge in [-0.05, 0) is 12.5 Å². The molecule has 5 heteroatoms. The standard InChI is InChI=1S/C13H14FN3O/c1-9(15-8-18)10-3-5-11(6-4-10)13-12(14)7-16-17(13)2/h3-9H,1-2H3,(H,15,18). The van der Waals surface area contributed by atoms with Crippen molar-refractivity contribution >= 4 is 6.41 Å². The zero-order valence-corrected chi connectivity index (χ0v) is 10.2. The molecule has 0 bridgehead atoms. The van der Waals surface area contributed by atoms with Crippen molar-refractivity contribution in [2.24, 2.45) is 7.05 Å². The molecule has 2 rings (SSSR count). The number of aromatic nitrogens is 2. The van der Waals surface area contributed by atoms with Crippen molar-refractivity contribution in [3.05, 3.63) is 41.8 Å². The Balaban J connectivity index is 2.30. The molecule has 1 unspecified atom stereocenters. The number of carbonyl (C=O) groups is 1. The molecule has 4 nitrogen and oxygen atoms in total. The quantitative estimate of drug-likeness (QED) is 0.840. The van der Waals surface area contributed by atoms with Crippen LogP contribution in [0.15, 0.2) is 30.5 Å². The largest absolute Gasteiger partial charge is 0.352 e. The van der Waals surface area contributed by atoms with E-state index in [0.717, 1.165) is 11.1 Å². The van der Waals surface area contributed by atoms with Crippen molar-refractivity contribution in [2.75, 3.05) is 0 Å². The predicted octanol–water partition coefficient (Wildman–Crippen LogP) is 2.03. The number of rotatable bonds is 4. The summed E-state index contributed by atoms with van der Waals surface area (Å²) in [5.74, 6) is -0.343. The lowest BCUT2D eigenvalue weighted by Crippen LogP contribution is -2.15. The fourth-order valence-corrected chi connectivity index (χ4v) is 1.86. The van der Waals surface area contributed by atoms with Crippen molar-refractivity contribution in [1.82, 2.24) is 15.1 Å². The van der Waals surface area contributed by atoms with E-state index in [0.29, 0.717) is 12.1 Å². The lowest BCUT2D eigenvalue weighted by atomic mass is 10.0. The summed E-state index contributed by atoms with van der Waals surface area (Å²) in [6.45, 7) is 1.88. The van der Waals surface area contributed by atoms with Gasteiger partial charge in [0, 0.05) is 12.6 Å². The minimum Gasteiger partial charge on any atom is -0.352 e. The summed E-state index contributed by atoms with van der Waals surface area (Å²) in [6, 6.07) is 7.30. The molecule has 1 N–H and O–H groups in total. The maximum absolute atomic E-state index is 13.5. The predicted molar refractivity (Wildman–Crippen MR) is 66.2 cm³/mol. The summed E-state index contributed by atoms with van der Waals surface area (Å²) in [5, 5.41) is 6.53. The number of hydrogen-bond donors (Lipinski definition) is 1. The highest BCUT2D eigenvalue weighted by Gasteiger charge is 2.11. The molecule has 0 radical (unpaired) electrons. The molecular formula is C13H14FN3O. The van der Waals surface area contributed by atoms with Crippen LogP contribution in [0, 0.1) is 5.82 Å². The molecule has 0 aliphatic carbocycles. The molecule has 1 atom stereocenters. The van der Waals surface area contributed by atoms with Crippen LogP contribution in [-0.4, -0.2) is 16.2 Å². The van der Waals surface area contributed by atoms with Crippen LogP contribution >= 0.6 is 0 Å². The van der Waals surface area contributed by atoms with E-state index in [9.17, 15) is 9.18 Å². The van der Waals surface area contributed by atoms with Crippen LogP contribution in [0.2, 0.25) is 0 Å². The van der Waals surface area contributed by atoms with Crippen LogP contribution in [0.3, 0.4) is 0 Å². The Labute approximate surface area is 104 Å².